The first kappa shape index (κ1) is 13.0. The molecule has 100 valence electrons. The molecule has 0 atom stereocenters. The Morgan fingerprint density at radius 3 is 2.61 bits per heavy atom. The van der Waals surface area contributed by atoms with Crippen LogP contribution in [0.1, 0.15) is 39.5 Å². The number of nitrogen functional groups attached to an aromatic ring is 1. The Labute approximate surface area is 108 Å². The van der Waals surface area contributed by atoms with Gasteiger partial charge in [-0.3, -0.25) is 0 Å². The summed E-state index contributed by atoms with van der Waals surface area (Å²) >= 11 is 0. The van der Waals surface area contributed by atoms with Gasteiger partial charge in [0, 0.05) is 18.2 Å². The Balaban J connectivity index is 2.17. The molecule has 0 heterocycles. The van der Waals surface area contributed by atoms with E-state index in [1.807, 2.05) is 13.8 Å². The van der Waals surface area contributed by atoms with Gasteiger partial charge in [-0.25, -0.2) is 4.39 Å². The second-order valence-corrected chi connectivity index (χ2v) is 5.16. The van der Waals surface area contributed by atoms with Crippen molar-refractivity contribution in [3.8, 4) is 5.75 Å². The van der Waals surface area contributed by atoms with E-state index in [-0.39, 0.29) is 11.9 Å². The van der Waals surface area contributed by atoms with E-state index in [1.165, 1.54) is 18.9 Å². The summed E-state index contributed by atoms with van der Waals surface area (Å²) in [6, 6.07) is 3.45. The van der Waals surface area contributed by atoms with Crippen molar-refractivity contribution in [1.82, 2.24) is 0 Å². The van der Waals surface area contributed by atoms with Crippen LogP contribution in [0, 0.1) is 5.82 Å². The summed E-state index contributed by atoms with van der Waals surface area (Å²) in [5.74, 6) is -0.141. The van der Waals surface area contributed by atoms with Crippen molar-refractivity contribution in [3.63, 3.8) is 0 Å². The molecule has 1 saturated carbocycles. The van der Waals surface area contributed by atoms with E-state index in [2.05, 4.69) is 5.32 Å². The molecule has 18 heavy (non-hydrogen) atoms. The lowest BCUT2D eigenvalue weighted by Crippen LogP contribution is -2.16. The lowest BCUT2D eigenvalue weighted by Gasteiger charge is -2.18. The van der Waals surface area contributed by atoms with Gasteiger partial charge in [0.05, 0.1) is 17.5 Å². The number of benzene rings is 1. The van der Waals surface area contributed by atoms with E-state index in [1.54, 1.807) is 6.07 Å². The molecule has 3 nitrogen and oxygen atoms in total. The number of rotatable bonds is 4. The highest BCUT2D eigenvalue weighted by Crippen LogP contribution is 2.31. The highest BCUT2D eigenvalue weighted by atomic mass is 19.1. The first-order valence-corrected chi connectivity index (χ1v) is 6.58. The van der Waals surface area contributed by atoms with E-state index in [0.717, 1.165) is 18.5 Å². The normalized spacial score (nSPS) is 16.2. The van der Waals surface area contributed by atoms with Gasteiger partial charge in [0.15, 0.2) is 11.6 Å². The SMILES string of the molecule is CC(C)Oc1cc(NC2CCCC2)c(N)cc1F. The molecule has 1 aliphatic rings. The van der Waals surface area contributed by atoms with Crippen LogP contribution in [0.3, 0.4) is 0 Å². The molecule has 0 amide bonds. The Hall–Kier alpha value is -1.45. The molecule has 0 radical (unpaired) electrons. The molecule has 1 aliphatic carbocycles. The third kappa shape index (κ3) is 3.06. The second-order valence-electron chi connectivity index (χ2n) is 5.16. The van der Waals surface area contributed by atoms with Gasteiger partial charge in [0.1, 0.15) is 0 Å². The fourth-order valence-corrected chi connectivity index (χ4v) is 2.33. The first-order chi connectivity index (χ1) is 8.56. The van der Waals surface area contributed by atoms with Crippen molar-refractivity contribution in [1.29, 1.82) is 0 Å². The van der Waals surface area contributed by atoms with Gasteiger partial charge in [-0.1, -0.05) is 12.8 Å². The lowest BCUT2D eigenvalue weighted by atomic mass is 10.2. The van der Waals surface area contributed by atoms with Gasteiger partial charge in [0.25, 0.3) is 0 Å². The van der Waals surface area contributed by atoms with Gasteiger partial charge in [0.2, 0.25) is 0 Å². The third-order valence-corrected chi connectivity index (χ3v) is 3.18. The van der Waals surface area contributed by atoms with Gasteiger partial charge in [-0.2, -0.15) is 0 Å². The van der Waals surface area contributed by atoms with Crippen molar-refractivity contribution >= 4 is 11.4 Å². The van der Waals surface area contributed by atoms with Gasteiger partial charge < -0.3 is 15.8 Å². The molecule has 3 N–H and O–H groups in total. The van der Waals surface area contributed by atoms with Gasteiger partial charge in [-0.15, -0.1) is 0 Å². The van der Waals surface area contributed by atoms with E-state index in [9.17, 15) is 4.39 Å². The van der Waals surface area contributed by atoms with Crippen LogP contribution in [0.2, 0.25) is 0 Å². The minimum absolute atomic E-state index is 0.0533. The van der Waals surface area contributed by atoms with Crippen molar-refractivity contribution in [2.45, 2.75) is 51.7 Å². The highest BCUT2D eigenvalue weighted by molar-refractivity contribution is 5.69. The zero-order valence-corrected chi connectivity index (χ0v) is 11.0. The molecule has 1 aromatic rings. The van der Waals surface area contributed by atoms with Crippen LogP contribution >= 0.6 is 0 Å². The van der Waals surface area contributed by atoms with E-state index >= 15 is 0 Å². The zero-order valence-electron chi connectivity index (χ0n) is 11.0. The maximum Gasteiger partial charge on any atom is 0.167 e. The summed E-state index contributed by atoms with van der Waals surface area (Å²) in [6.45, 7) is 3.75. The molecule has 0 spiro atoms. The van der Waals surface area contributed by atoms with Crippen LogP contribution in [0.25, 0.3) is 0 Å². The standard InChI is InChI=1S/C14H21FN2O/c1-9(2)18-14-8-13(12(16)7-11(14)15)17-10-5-3-4-6-10/h7-10,17H,3-6,16H2,1-2H3. The van der Waals surface area contributed by atoms with Crippen LogP contribution < -0.4 is 15.8 Å². The average molecular weight is 252 g/mol. The number of hydrogen-bond donors (Lipinski definition) is 2. The highest BCUT2D eigenvalue weighted by Gasteiger charge is 2.17. The number of halogens is 1. The van der Waals surface area contributed by atoms with Crippen LogP contribution in [-0.2, 0) is 0 Å². The monoisotopic (exact) mass is 252 g/mol. The van der Waals surface area contributed by atoms with Crippen LogP contribution in [0.5, 0.6) is 5.75 Å². The topological polar surface area (TPSA) is 47.3 Å². The minimum atomic E-state index is -0.404. The summed E-state index contributed by atoms with van der Waals surface area (Å²) in [6.07, 6.45) is 4.74. The number of ether oxygens (including phenoxy) is 1. The van der Waals surface area contributed by atoms with E-state index < -0.39 is 5.82 Å². The maximum atomic E-state index is 13.7. The number of anilines is 2. The molecular formula is C14H21FN2O. The molecule has 0 bridgehead atoms. The molecule has 1 fully saturated rings. The zero-order chi connectivity index (χ0) is 13.1. The summed E-state index contributed by atoms with van der Waals surface area (Å²) in [7, 11) is 0. The summed E-state index contributed by atoms with van der Waals surface area (Å²) in [4.78, 5) is 0. The molecule has 0 aromatic heterocycles. The fourth-order valence-electron chi connectivity index (χ4n) is 2.33. The summed E-state index contributed by atoms with van der Waals surface area (Å²) in [5, 5.41) is 3.38. The van der Waals surface area contributed by atoms with Gasteiger partial charge >= 0.3 is 0 Å². The molecule has 0 unspecified atom stereocenters. The van der Waals surface area contributed by atoms with Crippen LogP contribution in [-0.4, -0.2) is 12.1 Å². The van der Waals surface area contributed by atoms with Crippen molar-refractivity contribution in [3.05, 3.63) is 17.9 Å². The lowest BCUT2D eigenvalue weighted by molar-refractivity contribution is 0.231. The van der Waals surface area contributed by atoms with E-state index in [4.69, 9.17) is 10.5 Å². The third-order valence-electron chi connectivity index (χ3n) is 3.18. The predicted octanol–water partition coefficient (Wildman–Crippen LogP) is 3.55. The Morgan fingerprint density at radius 2 is 2.00 bits per heavy atom. The predicted molar refractivity (Wildman–Crippen MR) is 72.5 cm³/mol. The second kappa shape index (κ2) is 5.46. The quantitative estimate of drug-likeness (QED) is 0.806. The number of nitrogens with one attached hydrogen (secondary N) is 1. The first-order valence-electron chi connectivity index (χ1n) is 6.58. The minimum Gasteiger partial charge on any atom is -0.488 e. The number of nitrogens with two attached hydrogens (primary N) is 1. The molecule has 2 rings (SSSR count). The Morgan fingerprint density at radius 1 is 1.33 bits per heavy atom. The van der Waals surface area contributed by atoms with E-state index in [0.29, 0.717) is 11.7 Å². The summed E-state index contributed by atoms with van der Waals surface area (Å²) < 4.78 is 19.1. The molecule has 0 saturated heterocycles. The van der Waals surface area contributed by atoms with Crippen LogP contribution in [0.15, 0.2) is 12.1 Å². The van der Waals surface area contributed by atoms with Crippen molar-refractivity contribution in [2.24, 2.45) is 0 Å². The average Bonchev–Trinajstić information content (AvgIpc) is 2.77. The Bertz CT molecular complexity index is 415. The van der Waals surface area contributed by atoms with Crippen molar-refractivity contribution < 1.29 is 9.13 Å². The molecule has 0 aliphatic heterocycles. The molecule has 1 aromatic carbocycles. The fraction of sp³-hybridized carbons (Fsp3) is 0.571. The molecular weight excluding hydrogens is 231 g/mol. The van der Waals surface area contributed by atoms with Crippen LogP contribution in [0.4, 0.5) is 15.8 Å². The maximum absolute atomic E-state index is 13.7. The largest absolute Gasteiger partial charge is 0.488 e. The van der Waals surface area contributed by atoms with Gasteiger partial charge in [-0.05, 0) is 26.7 Å². The Kier molecular flexibility index (Phi) is 3.94. The summed E-state index contributed by atoms with van der Waals surface area (Å²) in [5.41, 5.74) is 7.06. The van der Waals surface area contributed by atoms with Crippen molar-refractivity contribution in [2.75, 3.05) is 11.1 Å². The molecule has 4 heteroatoms. The smallest absolute Gasteiger partial charge is 0.167 e. The number of hydrogen-bond acceptors (Lipinski definition) is 3.